The van der Waals surface area contributed by atoms with Gasteiger partial charge in [0.2, 0.25) is 0 Å². The van der Waals surface area contributed by atoms with Crippen molar-refractivity contribution in [2.45, 2.75) is 39.5 Å². The smallest absolute Gasteiger partial charge is 0.122 e. The van der Waals surface area contributed by atoms with Crippen LogP contribution in [0.5, 0.6) is 5.75 Å². The first kappa shape index (κ1) is 9.57. The molecule has 76 valence electrons. The zero-order valence-corrected chi connectivity index (χ0v) is 9.48. The van der Waals surface area contributed by atoms with E-state index in [1.54, 1.807) is 0 Å². The first-order valence-electron chi connectivity index (χ1n) is 5.26. The minimum absolute atomic E-state index is 0.225. The molecule has 0 N–H and O–H groups in total. The molecular weight excluding hydrogens is 172 g/mol. The second-order valence-electron chi connectivity index (χ2n) is 5.08. The lowest BCUT2D eigenvalue weighted by atomic mass is 9.80. The predicted octanol–water partition coefficient (Wildman–Crippen LogP) is 3.23. The molecule has 0 unspecified atom stereocenters. The van der Waals surface area contributed by atoms with Crippen molar-refractivity contribution in [3.05, 3.63) is 28.8 Å². The topological polar surface area (TPSA) is 9.23 Å². The zero-order chi connectivity index (χ0) is 10.3. The first-order valence-corrected chi connectivity index (χ1v) is 5.26. The third kappa shape index (κ3) is 1.41. The fraction of sp³-hybridized carbons (Fsp3) is 0.538. The van der Waals surface area contributed by atoms with E-state index in [1.165, 1.54) is 16.7 Å². The Hall–Kier alpha value is -0.980. The van der Waals surface area contributed by atoms with E-state index in [9.17, 15) is 0 Å². The van der Waals surface area contributed by atoms with Gasteiger partial charge in [0.05, 0.1) is 6.61 Å². The van der Waals surface area contributed by atoms with Gasteiger partial charge < -0.3 is 4.74 Å². The molecule has 0 aliphatic carbocycles. The molecule has 1 aliphatic heterocycles. The van der Waals surface area contributed by atoms with Crippen LogP contribution in [0.1, 0.15) is 37.5 Å². The largest absolute Gasteiger partial charge is 0.493 e. The van der Waals surface area contributed by atoms with E-state index in [4.69, 9.17) is 4.74 Å². The van der Waals surface area contributed by atoms with Crippen LogP contribution in [0.2, 0.25) is 0 Å². The summed E-state index contributed by atoms with van der Waals surface area (Å²) in [6.45, 7) is 9.86. The predicted molar refractivity (Wildman–Crippen MR) is 59.1 cm³/mol. The van der Waals surface area contributed by atoms with Crippen LogP contribution in [-0.2, 0) is 11.8 Å². The number of benzene rings is 1. The molecule has 0 fully saturated rings. The second-order valence-corrected chi connectivity index (χ2v) is 5.08. The first-order chi connectivity index (χ1) is 6.50. The fourth-order valence-corrected chi connectivity index (χ4v) is 2.44. The van der Waals surface area contributed by atoms with Gasteiger partial charge >= 0.3 is 0 Å². The monoisotopic (exact) mass is 190 g/mol. The summed E-state index contributed by atoms with van der Waals surface area (Å²) in [6, 6.07) is 4.28. The summed E-state index contributed by atoms with van der Waals surface area (Å²) in [5.74, 6) is 1.10. The highest BCUT2D eigenvalue weighted by Gasteiger charge is 2.25. The molecule has 1 nitrogen and oxygen atoms in total. The van der Waals surface area contributed by atoms with Crippen molar-refractivity contribution in [1.29, 1.82) is 0 Å². The van der Waals surface area contributed by atoms with Gasteiger partial charge in [-0.25, -0.2) is 0 Å². The summed E-state index contributed by atoms with van der Waals surface area (Å²) in [6.07, 6.45) is 1.07. The van der Waals surface area contributed by atoms with Gasteiger partial charge in [0.1, 0.15) is 5.75 Å². The summed E-state index contributed by atoms with van der Waals surface area (Å²) < 4.78 is 5.59. The molecule has 0 radical (unpaired) electrons. The minimum Gasteiger partial charge on any atom is -0.493 e. The van der Waals surface area contributed by atoms with Gasteiger partial charge in [0.25, 0.3) is 0 Å². The molecule has 1 aromatic rings. The van der Waals surface area contributed by atoms with Crippen LogP contribution >= 0.6 is 0 Å². The highest BCUT2D eigenvalue weighted by molar-refractivity contribution is 5.49. The van der Waals surface area contributed by atoms with E-state index < -0.39 is 0 Å². The number of ether oxygens (including phenoxy) is 1. The van der Waals surface area contributed by atoms with E-state index in [2.05, 4.69) is 39.8 Å². The Balaban J connectivity index is 2.63. The van der Waals surface area contributed by atoms with E-state index in [0.29, 0.717) is 0 Å². The maximum atomic E-state index is 5.59. The lowest BCUT2D eigenvalue weighted by Crippen LogP contribution is -2.15. The quantitative estimate of drug-likeness (QED) is 0.610. The van der Waals surface area contributed by atoms with E-state index >= 15 is 0 Å². The normalized spacial score (nSPS) is 15.1. The minimum atomic E-state index is 0.225. The van der Waals surface area contributed by atoms with Crippen molar-refractivity contribution in [3.8, 4) is 5.75 Å². The van der Waals surface area contributed by atoms with E-state index in [1.807, 2.05) is 0 Å². The summed E-state index contributed by atoms with van der Waals surface area (Å²) in [5, 5.41) is 0. The molecule has 0 amide bonds. The lowest BCUT2D eigenvalue weighted by molar-refractivity contribution is 0.357. The van der Waals surface area contributed by atoms with Gasteiger partial charge in [-0.1, -0.05) is 26.8 Å². The average Bonchev–Trinajstić information content (AvgIpc) is 2.48. The second kappa shape index (κ2) is 3.01. The SMILES string of the molecule is Cc1ccc2c(c1C(C)(C)C)CCO2. The summed E-state index contributed by atoms with van der Waals surface area (Å²) in [5.41, 5.74) is 4.52. The number of hydrogen-bond acceptors (Lipinski definition) is 1. The number of hydrogen-bond donors (Lipinski definition) is 0. The maximum Gasteiger partial charge on any atom is 0.122 e. The molecule has 1 aliphatic rings. The Labute approximate surface area is 86.1 Å². The maximum absolute atomic E-state index is 5.59. The number of rotatable bonds is 0. The fourth-order valence-electron chi connectivity index (χ4n) is 2.44. The van der Waals surface area contributed by atoms with Gasteiger partial charge in [0, 0.05) is 12.0 Å². The standard InChI is InChI=1S/C13H18O/c1-9-5-6-11-10(7-8-14-11)12(9)13(2,3)4/h5-6H,7-8H2,1-4H3. The Morgan fingerprint density at radius 1 is 1.21 bits per heavy atom. The highest BCUT2D eigenvalue weighted by Crippen LogP contribution is 2.37. The van der Waals surface area contributed by atoms with Crippen molar-refractivity contribution in [2.24, 2.45) is 0 Å². The number of aryl methyl sites for hydroxylation is 1. The molecular formula is C13H18O. The molecule has 0 spiro atoms. The van der Waals surface area contributed by atoms with Gasteiger partial charge in [-0.2, -0.15) is 0 Å². The Morgan fingerprint density at radius 3 is 2.57 bits per heavy atom. The summed E-state index contributed by atoms with van der Waals surface area (Å²) >= 11 is 0. The Morgan fingerprint density at radius 2 is 1.93 bits per heavy atom. The van der Waals surface area contributed by atoms with Crippen LogP contribution in [0, 0.1) is 6.92 Å². The zero-order valence-electron chi connectivity index (χ0n) is 9.48. The third-order valence-electron chi connectivity index (χ3n) is 2.84. The molecule has 1 heteroatoms. The summed E-state index contributed by atoms with van der Waals surface area (Å²) in [7, 11) is 0. The molecule has 0 saturated carbocycles. The van der Waals surface area contributed by atoms with Crippen molar-refractivity contribution < 1.29 is 4.74 Å². The van der Waals surface area contributed by atoms with Gasteiger partial charge in [0.15, 0.2) is 0 Å². The van der Waals surface area contributed by atoms with Crippen LogP contribution in [0.15, 0.2) is 12.1 Å². The van der Waals surface area contributed by atoms with Crippen molar-refractivity contribution in [1.82, 2.24) is 0 Å². The van der Waals surface area contributed by atoms with Gasteiger partial charge in [-0.3, -0.25) is 0 Å². The van der Waals surface area contributed by atoms with Crippen LogP contribution < -0.4 is 4.74 Å². The van der Waals surface area contributed by atoms with Gasteiger partial charge in [-0.05, 0) is 29.5 Å². The van der Waals surface area contributed by atoms with E-state index in [0.717, 1.165) is 18.8 Å². The van der Waals surface area contributed by atoms with Crippen molar-refractivity contribution in [2.75, 3.05) is 6.61 Å². The molecule has 0 saturated heterocycles. The molecule has 0 atom stereocenters. The average molecular weight is 190 g/mol. The molecule has 1 aromatic carbocycles. The summed E-state index contributed by atoms with van der Waals surface area (Å²) in [4.78, 5) is 0. The molecule has 0 bridgehead atoms. The van der Waals surface area contributed by atoms with Crippen LogP contribution in [-0.4, -0.2) is 6.61 Å². The van der Waals surface area contributed by atoms with Crippen molar-refractivity contribution in [3.63, 3.8) is 0 Å². The molecule has 1 heterocycles. The van der Waals surface area contributed by atoms with Crippen molar-refractivity contribution >= 4 is 0 Å². The van der Waals surface area contributed by atoms with Gasteiger partial charge in [-0.15, -0.1) is 0 Å². The van der Waals surface area contributed by atoms with Crippen LogP contribution in [0.4, 0.5) is 0 Å². The molecule has 2 rings (SSSR count). The highest BCUT2D eigenvalue weighted by atomic mass is 16.5. The third-order valence-corrected chi connectivity index (χ3v) is 2.84. The Bertz CT molecular complexity index is 358. The van der Waals surface area contributed by atoms with E-state index in [-0.39, 0.29) is 5.41 Å². The molecule has 0 aromatic heterocycles. The Kier molecular flexibility index (Phi) is 2.06. The van der Waals surface area contributed by atoms with Crippen LogP contribution in [0.25, 0.3) is 0 Å². The van der Waals surface area contributed by atoms with Crippen LogP contribution in [0.3, 0.4) is 0 Å². The number of fused-ring (bicyclic) bond motifs is 1. The lowest BCUT2D eigenvalue weighted by Gasteiger charge is -2.24. The molecule has 14 heavy (non-hydrogen) atoms.